The van der Waals surface area contributed by atoms with Crippen LogP contribution in [0.25, 0.3) is 10.9 Å². The van der Waals surface area contributed by atoms with Crippen molar-refractivity contribution in [2.24, 2.45) is 0 Å². The molecular formula is C21H19F3N4O3. The molecule has 3 heterocycles. The summed E-state index contributed by atoms with van der Waals surface area (Å²) in [6.07, 6.45) is -1.65. The summed E-state index contributed by atoms with van der Waals surface area (Å²) >= 11 is 0. The van der Waals surface area contributed by atoms with Crippen LogP contribution >= 0.6 is 0 Å². The van der Waals surface area contributed by atoms with Crippen LogP contribution in [0.4, 0.5) is 13.2 Å². The van der Waals surface area contributed by atoms with E-state index in [1.54, 1.807) is 24.3 Å². The van der Waals surface area contributed by atoms with Gasteiger partial charge in [0.25, 0.3) is 11.5 Å². The summed E-state index contributed by atoms with van der Waals surface area (Å²) in [6.45, 7) is -1.13. The number of amides is 1. The van der Waals surface area contributed by atoms with E-state index >= 15 is 0 Å². The quantitative estimate of drug-likeness (QED) is 0.627. The second-order valence-electron chi connectivity index (χ2n) is 8.04. The number of aromatic nitrogens is 3. The second-order valence-corrected chi connectivity index (χ2v) is 8.04. The van der Waals surface area contributed by atoms with Crippen molar-refractivity contribution in [3.63, 3.8) is 0 Å². The monoisotopic (exact) mass is 432 g/mol. The number of halogens is 3. The highest BCUT2D eigenvalue weighted by atomic mass is 19.4. The minimum atomic E-state index is -4.61. The van der Waals surface area contributed by atoms with Crippen LogP contribution < -0.4 is 5.56 Å². The average Bonchev–Trinajstić information content (AvgIpc) is 3.26. The van der Waals surface area contributed by atoms with Crippen molar-refractivity contribution < 1.29 is 22.5 Å². The highest BCUT2D eigenvalue weighted by Crippen LogP contribution is 2.40. The molecule has 0 radical (unpaired) electrons. The van der Waals surface area contributed by atoms with Gasteiger partial charge in [-0.05, 0) is 37.8 Å². The van der Waals surface area contributed by atoms with Gasteiger partial charge in [-0.2, -0.15) is 13.2 Å². The largest absolute Gasteiger partial charge is 0.406 e. The molecular weight excluding hydrogens is 413 g/mol. The molecule has 0 bridgehead atoms. The van der Waals surface area contributed by atoms with Crippen LogP contribution in [0.15, 0.2) is 39.6 Å². The van der Waals surface area contributed by atoms with E-state index in [2.05, 4.69) is 10.1 Å². The van der Waals surface area contributed by atoms with Gasteiger partial charge in [0.2, 0.25) is 0 Å². The smallest absolute Gasteiger partial charge is 0.360 e. The maximum absolute atomic E-state index is 13.3. The zero-order valence-corrected chi connectivity index (χ0v) is 16.4. The van der Waals surface area contributed by atoms with Crippen molar-refractivity contribution in [2.75, 3.05) is 6.54 Å². The molecule has 0 N–H and O–H groups in total. The van der Waals surface area contributed by atoms with Gasteiger partial charge in [0.1, 0.15) is 18.1 Å². The molecule has 7 nitrogen and oxygen atoms in total. The van der Waals surface area contributed by atoms with Crippen LogP contribution in [0.2, 0.25) is 0 Å². The zero-order valence-electron chi connectivity index (χ0n) is 16.4. The maximum atomic E-state index is 13.3. The lowest BCUT2D eigenvalue weighted by Crippen LogP contribution is -2.38. The van der Waals surface area contributed by atoms with Crippen molar-refractivity contribution in [3.8, 4) is 0 Å². The zero-order chi connectivity index (χ0) is 21.8. The number of carbonyl (C=O) groups is 1. The summed E-state index contributed by atoms with van der Waals surface area (Å²) in [4.78, 5) is 31.8. The SMILES string of the molecule is O=C(c1cc(C2CC2)on1)N1CCCC1c1nc2ccccc2c(=O)n1CC(F)(F)F. The second kappa shape index (κ2) is 7.21. The molecule has 2 aromatic heterocycles. The highest BCUT2D eigenvalue weighted by molar-refractivity contribution is 5.92. The first kappa shape index (κ1) is 19.8. The van der Waals surface area contributed by atoms with Gasteiger partial charge in [0.05, 0.1) is 16.9 Å². The summed E-state index contributed by atoms with van der Waals surface area (Å²) in [6, 6.07) is 7.13. The van der Waals surface area contributed by atoms with Crippen molar-refractivity contribution in [2.45, 2.75) is 50.4 Å². The van der Waals surface area contributed by atoms with Gasteiger partial charge < -0.3 is 9.42 Å². The van der Waals surface area contributed by atoms with Gasteiger partial charge in [-0.25, -0.2) is 4.98 Å². The molecule has 2 aliphatic rings. The highest BCUT2D eigenvalue weighted by Gasteiger charge is 2.38. The molecule has 1 amide bonds. The fourth-order valence-electron chi connectivity index (χ4n) is 4.15. The van der Waals surface area contributed by atoms with Gasteiger partial charge in [-0.1, -0.05) is 17.3 Å². The number of likely N-dealkylation sites (tertiary alicyclic amines) is 1. The Morgan fingerprint density at radius 3 is 2.71 bits per heavy atom. The average molecular weight is 432 g/mol. The van der Waals surface area contributed by atoms with Gasteiger partial charge in [-0.3, -0.25) is 14.2 Å². The van der Waals surface area contributed by atoms with Gasteiger partial charge in [0.15, 0.2) is 5.69 Å². The third-order valence-electron chi connectivity index (χ3n) is 5.77. The lowest BCUT2D eigenvalue weighted by molar-refractivity contribution is -0.141. The predicted octanol–water partition coefficient (Wildman–Crippen LogP) is 3.80. The Kier molecular flexibility index (Phi) is 4.60. The van der Waals surface area contributed by atoms with Crippen LogP contribution in [0.3, 0.4) is 0 Å². The van der Waals surface area contributed by atoms with E-state index in [1.807, 2.05) is 0 Å². The van der Waals surface area contributed by atoms with Crippen LogP contribution in [-0.2, 0) is 6.54 Å². The molecule has 0 spiro atoms. The van der Waals surface area contributed by atoms with Gasteiger partial charge in [-0.15, -0.1) is 0 Å². The van der Waals surface area contributed by atoms with Crippen LogP contribution in [-0.4, -0.2) is 38.2 Å². The molecule has 3 aromatic rings. The Bertz CT molecular complexity index is 1210. The molecule has 1 saturated carbocycles. The molecule has 162 valence electrons. The Labute approximate surface area is 174 Å². The third-order valence-corrected chi connectivity index (χ3v) is 5.77. The van der Waals surface area contributed by atoms with Gasteiger partial charge >= 0.3 is 6.18 Å². The van der Waals surface area contributed by atoms with E-state index in [1.165, 1.54) is 11.0 Å². The van der Waals surface area contributed by atoms with Crippen molar-refractivity contribution in [1.82, 2.24) is 19.6 Å². The lowest BCUT2D eigenvalue weighted by atomic mass is 10.1. The molecule has 1 unspecified atom stereocenters. The predicted molar refractivity (Wildman–Crippen MR) is 104 cm³/mol. The number of para-hydroxylation sites is 1. The number of hydrogen-bond acceptors (Lipinski definition) is 5. The summed E-state index contributed by atoms with van der Waals surface area (Å²) in [5.74, 6) is 0.441. The number of nitrogens with zero attached hydrogens (tertiary/aromatic N) is 4. The van der Waals surface area contributed by atoms with Crippen molar-refractivity contribution in [1.29, 1.82) is 0 Å². The van der Waals surface area contributed by atoms with Gasteiger partial charge in [0, 0.05) is 18.5 Å². The van der Waals surface area contributed by atoms with E-state index in [4.69, 9.17) is 4.52 Å². The minimum absolute atomic E-state index is 0.0576. The summed E-state index contributed by atoms with van der Waals surface area (Å²) in [5.41, 5.74) is -0.341. The van der Waals surface area contributed by atoms with Crippen molar-refractivity contribution in [3.05, 3.63) is 58.0 Å². The lowest BCUT2D eigenvalue weighted by Gasteiger charge is -2.26. The van der Waals surface area contributed by atoms with Crippen molar-refractivity contribution >= 4 is 16.8 Å². The number of hydrogen-bond donors (Lipinski definition) is 0. The fourth-order valence-corrected chi connectivity index (χ4v) is 4.15. The molecule has 10 heteroatoms. The van der Waals surface area contributed by atoms with Crippen LogP contribution in [0.1, 0.15) is 59.7 Å². The molecule has 1 aliphatic carbocycles. The summed E-state index contributed by atoms with van der Waals surface area (Å²) in [7, 11) is 0. The first-order valence-electron chi connectivity index (χ1n) is 10.2. The number of carbonyl (C=O) groups excluding carboxylic acids is 1. The van der Waals surface area contributed by atoms with E-state index in [-0.39, 0.29) is 22.8 Å². The first-order valence-corrected chi connectivity index (χ1v) is 10.2. The number of benzene rings is 1. The third kappa shape index (κ3) is 3.70. The molecule has 31 heavy (non-hydrogen) atoms. The summed E-state index contributed by atoms with van der Waals surface area (Å²) in [5, 5.41) is 3.97. The van der Waals surface area contributed by atoms with E-state index in [0.29, 0.717) is 35.2 Å². The van der Waals surface area contributed by atoms with E-state index in [9.17, 15) is 22.8 Å². The first-order chi connectivity index (χ1) is 14.8. The minimum Gasteiger partial charge on any atom is -0.360 e. The Morgan fingerprint density at radius 2 is 1.97 bits per heavy atom. The Hall–Kier alpha value is -3.17. The molecule has 1 aliphatic heterocycles. The number of alkyl halides is 3. The van der Waals surface area contributed by atoms with E-state index < -0.39 is 30.2 Å². The molecule has 2 fully saturated rings. The van der Waals surface area contributed by atoms with Crippen LogP contribution in [0.5, 0.6) is 0 Å². The van der Waals surface area contributed by atoms with E-state index in [0.717, 1.165) is 12.8 Å². The summed E-state index contributed by atoms with van der Waals surface area (Å²) < 4.78 is 45.8. The number of rotatable bonds is 4. The fraction of sp³-hybridized carbons (Fsp3) is 0.429. The van der Waals surface area contributed by atoms with Crippen LogP contribution in [0, 0.1) is 0 Å². The normalized spacial score (nSPS) is 19.3. The maximum Gasteiger partial charge on any atom is 0.406 e. The Morgan fingerprint density at radius 1 is 1.19 bits per heavy atom. The molecule has 1 aromatic carbocycles. The molecule has 1 saturated heterocycles. The Balaban J connectivity index is 1.57. The molecule has 5 rings (SSSR count). The number of fused-ring (bicyclic) bond motifs is 1. The standard InChI is InChI=1S/C21H19F3N4O3/c22-21(23,24)11-28-18(25-14-5-2-1-4-13(14)19(28)29)16-6-3-9-27(16)20(30)15-10-17(31-26-15)12-7-8-12/h1-2,4-5,10,12,16H,3,6-9,11H2. The molecule has 1 atom stereocenters. The topological polar surface area (TPSA) is 81.2 Å².